The van der Waals surface area contributed by atoms with E-state index in [1.807, 2.05) is 18.7 Å². The smallest absolute Gasteiger partial charge is 0.0478 e. The van der Waals surface area contributed by atoms with E-state index in [0.29, 0.717) is 5.37 Å². The summed E-state index contributed by atoms with van der Waals surface area (Å²) in [6.07, 6.45) is 1.24. The first kappa shape index (κ1) is 10.3. The van der Waals surface area contributed by atoms with Crippen molar-refractivity contribution in [2.45, 2.75) is 18.7 Å². The Hall–Kier alpha value is 0.270. The largest absolute Gasteiger partial charge is 0.320 e. The minimum Gasteiger partial charge on any atom is -0.320 e. The minimum atomic E-state index is 0.294. The van der Waals surface area contributed by atoms with Crippen molar-refractivity contribution in [1.29, 1.82) is 0 Å². The van der Waals surface area contributed by atoms with E-state index < -0.39 is 0 Å². The van der Waals surface area contributed by atoms with Crippen LogP contribution < -0.4 is 5.73 Å². The molecule has 0 fully saturated rings. The van der Waals surface area contributed by atoms with Crippen molar-refractivity contribution in [3.63, 3.8) is 0 Å². The van der Waals surface area contributed by atoms with Crippen LogP contribution in [0.15, 0.2) is 0 Å². The fourth-order valence-electron chi connectivity index (χ4n) is 0.650. The van der Waals surface area contributed by atoms with Gasteiger partial charge in [-0.05, 0) is 39.7 Å². The van der Waals surface area contributed by atoms with E-state index in [4.69, 9.17) is 5.73 Å². The lowest BCUT2D eigenvalue weighted by atomic mass is 10.5. The van der Waals surface area contributed by atoms with Gasteiger partial charge in [-0.1, -0.05) is 0 Å². The summed E-state index contributed by atoms with van der Waals surface area (Å²) >= 11 is 1.82. The summed E-state index contributed by atoms with van der Waals surface area (Å²) in [6, 6.07) is 0. The van der Waals surface area contributed by atoms with Gasteiger partial charge in [0.15, 0.2) is 0 Å². The Morgan fingerprint density at radius 1 is 1.50 bits per heavy atom. The second-order valence-electron chi connectivity index (χ2n) is 2.73. The predicted octanol–water partition coefficient (Wildman–Crippen LogP) is 0.976. The number of thioether (sulfide) groups is 1. The fraction of sp³-hybridized carbons (Fsp3) is 1.00. The summed E-state index contributed by atoms with van der Waals surface area (Å²) in [6.45, 7) is 3.19. The monoisotopic (exact) mass is 162 g/mol. The molecule has 0 aromatic heterocycles. The maximum absolute atomic E-state index is 5.56. The highest BCUT2D eigenvalue weighted by Gasteiger charge is 1.94. The molecule has 0 amide bonds. The standard InChI is InChI=1S/C7H18N2S/c1-7(8)10-6-4-5-9(2)3/h7H,4-6,8H2,1-3H3. The number of nitrogens with zero attached hydrogens (tertiary/aromatic N) is 1. The van der Waals surface area contributed by atoms with Crippen LogP contribution in [-0.4, -0.2) is 36.7 Å². The maximum atomic E-state index is 5.56. The van der Waals surface area contributed by atoms with Crippen LogP contribution in [-0.2, 0) is 0 Å². The first-order valence-electron chi connectivity index (χ1n) is 3.65. The Kier molecular flexibility index (Phi) is 6.17. The molecule has 0 saturated heterocycles. The van der Waals surface area contributed by atoms with Gasteiger partial charge in [0.25, 0.3) is 0 Å². The lowest BCUT2D eigenvalue weighted by Crippen LogP contribution is -2.15. The summed E-state index contributed by atoms with van der Waals surface area (Å²) in [7, 11) is 4.19. The zero-order valence-corrected chi connectivity index (χ0v) is 7.95. The molecule has 10 heavy (non-hydrogen) atoms. The highest BCUT2D eigenvalue weighted by Crippen LogP contribution is 2.05. The normalized spacial score (nSPS) is 14.1. The molecule has 3 heteroatoms. The lowest BCUT2D eigenvalue weighted by Gasteiger charge is -2.09. The second-order valence-corrected chi connectivity index (χ2v) is 4.22. The molecule has 0 saturated carbocycles. The maximum Gasteiger partial charge on any atom is 0.0478 e. The van der Waals surface area contributed by atoms with Gasteiger partial charge in [-0.25, -0.2) is 0 Å². The zero-order valence-electron chi connectivity index (χ0n) is 7.13. The van der Waals surface area contributed by atoms with E-state index in [2.05, 4.69) is 19.0 Å². The summed E-state index contributed by atoms with van der Waals surface area (Å²) in [5, 5.41) is 0.294. The minimum absolute atomic E-state index is 0.294. The van der Waals surface area contributed by atoms with E-state index >= 15 is 0 Å². The summed E-state index contributed by atoms with van der Waals surface area (Å²) in [5.74, 6) is 1.18. The zero-order chi connectivity index (χ0) is 7.98. The third-order valence-corrected chi connectivity index (χ3v) is 2.18. The van der Waals surface area contributed by atoms with Crippen molar-refractivity contribution in [2.75, 3.05) is 26.4 Å². The molecule has 2 nitrogen and oxygen atoms in total. The molecule has 0 aromatic rings. The second kappa shape index (κ2) is 6.01. The van der Waals surface area contributed by atoms with E-state index in [1.54, 1.807) is 0 Å². The molecular formula is C7H18N2S. The highest BCUT2D eigenvalue weighted by molar-refractivity contribution is 7.99. The topological polar surface area (TPSA) is 29.3 Å². The molecule has 0 aliphatic rings. The number of hydrogen-bond donors (Lipinski definition) is 1. The Morgan fingerprint density at radius 3 is 2.50 bits per heavy atom. The van der Waals surface area contributed by atoms with Crippen LogP contribution in [0.25, 0.3) is 0 Å². The Morgan fingerprint density at radius 2 is 2.10 bits per heavy atom. The van der Waals surface area contributed by atoms with Gasteiger partial charge < -0.3 is 10.6 Å². The molecule has 0 spiro atoms. The molecule has 0 radical (unpaired) electrons. The van der Waals surface area contributed by atoms with Crippen LogP contribution in [0, 0.1) is 0 Å². The van der Waals surface area contributed by atoms with Crippen molar-refractivity contribution in [2.24, 2.45) is 5.73 Å². The molecule has 0 bridgehead atoms. The molecule has 1 unspecified atom stereocenters. The SMILES string of the molecule is CC(N)SCCCN(C)C. The van der Waals surface area contributed by atoms with Gasteiger partial charge in [-0.2, -0.15) is 0 Å². The first-order valence-corrected chi connectivity index (χ1v) is 4.69. The highest BCUT2D eigenvalue weighted by atomic mass is 32.2. The molecule has 0 rings (SSSR count). The summed E-state index contributed by atoms with van der Waals surface area (Å²) in [4.78, 5) is 2.20. The van der Waals surface area contributed by atoms with E-state index in [0.717, 1.165) is 0 Å². The van der Waals surface area contributed by atoms with E-state index in [9.17, 15) is 0 Å². The van der Waals surface area contributed by atoms with Crippen LogP contribution in [0.2, 0.25) is 0 Å². The van der Waals surface area contributed by atoms with Gasteiger partial charge in [-0.3, -0.25) is 0 Å². The van der Waals surface area contributed by atoms with Crippen LogP contribution in [0.4, 0.5) is 0 Å². The van der Waals surface area contributed by atoms with Crippen molar-refractivity contribution < 1.29 is 0 Å². The van der Waals surface area contributed by atoms with Crippen molar-refractivity contribution in [3.8, 4) is 0 Å². The van der Waals surface area contributed by atoms with Crippen molar-refractivity contribution in [1.82, 2.24) is 4.90 Å². The van der Waals surface area contributed by atoms with E-state index in [-0.39, 0.29) is 0 Å². The van der Waals surface area contributed by atoms with Crippen molar-refractivity contribution in [3.05, 3.63) is 0 Å². The lowest BCUT2D eigenvalue weighted by molar-refractivity contribution is 0.410. The average molecular weight is 162 g/mol. The summed E-state index contributed by atoms with van der Waals surface area (Å²) in [5.41, 5.74) is 5.56. The Bertz CT molecular complexity index is 64.0. The van der Waals surface area contributed by atoms with Crippen molar-refractivity contribution >= 4 is 11.8 Å². The third kappa shape index (κ3) is 8.27. The molecule has 0 aliphatic heterocycles. The quantitative estimate of drug-likeness (QED) is 0.482. The Labute approximate surface area is 68.2 Å². The van der Waals surface area contributed by atoms with Gasteiger partial charge in [-0.15, -0.1) is 11.8 Å². The Balaban J connectivity index is 2.91. The van der Waals surface area contributed by atoms with Gasteiger partial charge in [0.05, 0.1) is 0 Å². The average Bonchev–Trinajstić information content (AvgIpc) is 1.79. The third-order valence-electron chi connectivity index (χ3n) is 1.13. The fourth-order valence-corrected chi connectivity index (χ4v) is 1.32. The van der Waals surface area contributed by atoms with Gasteiger partial charge >= 0.3 is 0 Å². The van der Waals surface area contributed by atoms with Gasteiger partial charge in [0, 0.05) is 5.37 Å². The summed E-state index contributed by atoms with van der Waals surface area (Å²) < 4.78 is 0. The molecule has 0 aliphatic carbocycles. The molecule has 0 aromatic carbocycles. The van der Waals surface area contributed by atoms with Gasteiger partial charge in [0.1, 0.15) is 0 Å². The number of rotatable bonds is 5. The van der Waals surface area contributed by atoms with E-state index in [1.165, 1.54) is 18.7 Å². The molecule has 1 atom stereocenters. The predicted molar refractivity (Wildman–Crippen MR) is 49.3 cm³/mol. The number of hydrogen-bond acceptors (Lipinski definition) is 3. The molecule has 2 N–H and O–H groups in total. The molecule has 0 heterocycles. The van der Waals surface area contributed by atoms with Crippen LogP contribution >= 0.6 is 11.8 Å². The van der Waals surface area contributed by atoms with Gasteiger partial charge in [0.2, 0.25) is 0 Å². The van der Waals surface area contributed by atoms with Crippen LogP contribution in [0.1, 0.15) is 13.3 Å². The molecule has 62 valence electrons. The first-order chi connectivity index (χ1) is 4.63. The van der Waals surface area contributed by atoms with Crippen LogP contribution in [0.5, 0.6) is 0 Å². The van der Waals surface area contributed by atoms with Crippen LogP contribution in [0.3, 0.4) is 0 Å². The number of nitrogens with two attached hydrogens (primary N) is 1. The molecular weight excluding hydrogens is 144 g/mol.